The van der Waals surface area contributed by atoms with Crippen molar-refractivity contribution in [3.05, 3.63) is 12.2 Å². The van der Waals surface area contributed by atoms with Crippen molar-refractivity contribution in [2.24, 2.45) is 0 Å². The molecule has 4 atom stereocenters. The van der Waals surface area contributed by atoms with E-state index in [0.717, 1.165) is 12.8 Å². The Kier molecular flexibility index (Phi) is 15.9. The minimum atomic E-state index is -1.000. The third-order valence-corrected chi connectivity index (χ3v) is 5.54. The van der Waals surface area contributed by atoms with Crippen molar-refractivity contribution < 1.29 is 24.8 Å². The normalized spacial score (nSPS) is 23.6. The van der Waals surface area contributed by atoms with Crippen molar-refractivity contribution in [2.45, 2.75) is 115 Å². The Bertz CT molecular complexity index is 374. The molecule has 5 nitrogen and oxygen atoms in total. The molecule has 0 radical (unpaired) electrons. The molecule has 1 saturated heterocycles. The molecule has 0 spiro atoms. The van der Waals surface area contributed by atoms with Crippen LogP contribution in [0.4, 0.5) is 0 Å². The molecule has 28 heavy (non-hydrogen) atoms. The van der Waals surface area contributed by atoms with Crippen LogP contribution in [0.1, 0.15) is 90.4 Å². The maximum atomic E-state index is 9.88. The Hall–Kier alpha value is -0.460. The smallest absolute Gasteiger partial charge is 0.114 e. The summed E-state index contributed by atoms with van der Waals surface area (Å²) >= 11 is 0. The van der Waals surface area contributed by atoms with Gasteiger partial charge in [-0.25, -0.2) is 0 Å². The lowest BCUT2D eigenvalue weighted by Crippen LogP contribution is -2.42. The number of hydrogen-bond acceptors (Lipinski definition) is 5. The van der Waals surface area contributed by atoms with Gasteiger partial charge in [0, 0.05) is 6.61 Å². The summed E-state index contributed by atoms with van der Waals surface area (Å²) in [4.78, 5) is 0. The lowest BCUT2D eigenvalue weighted by molar-refractivity contribution is -0.0938. The summed E-state index contributed by atoms with van der Waals surface area (Å²) in [6, 6.07) is 0. The average Bonchev–Trinajstić information content (AvgIpc) is 3.07. The Morgan fingerprint density at radius 2 is 1.46 bits per heavy atom. The van der Waals surface area contributed by atoms with Crippen molar-refractivity contribution >= 4 is 0 Å². The molecule has 166 valence electrons. The summed E-state index contributed by atoms with van der Waals surface area (Å²) in [6.45, 7) is 2.43. The molecule has 1 aliphatic rings. The zero-order chi connectivity index (χ0) is 20.5. The summed E-state index contributed by atoms with van der Waals surface area (Å²) in [5.41, 5.74) is 0. The van der Waals surface area contributed by atoms with Crippen LogP contribution in [-0.2, 0) is 9.47 Å². The molecule has 1 rings (SSSR count). The maximum absolute atomic E-state index is 9.88. The number of allylic oxidation sites excluding steroid dienone is 2. The Labute approximate surface area is 172 Å². The zero-order valence-corrected chi connectivity index (χ0v) is 17.9. The molecule has 0 aliphatic carbocycles. The van der Waals surface area contributed by atoms with Crippen LogP contribution in [0.5, 0.6) is 0 Å². The van der Waals surface area contributed by atoms with Crippen LogP contribution in [0, 0.1) is 0 Å². The minimum Gasteiger partial charge on any atom is -0.394 e. The Balaban J connectivity index is 1.85. The van der Waals surface area contributed by atoms with Crippen molar-refractivity contribution in [3.63, 3.8) is 0 Å². The highest BCUT2D eigenvalue weighted by atomic mass is 16.6. The predicted octanol–water partition coefficient (Wildman–Crippen LogP) is 4.13. The van der Waals surface area contributed by atoms with Gasteiger partial charge in [-0.15, -0.1) is 0 Å². The van der Waals surface area contributed by atoms with Crippen molar-refractivity contribution in [2.75, 3.05) is 19.8 Å². The van der Waals surface area contributed by atoms with Crippen LogP contribution in [0.3, 0.4) is 0 Å². The molecule has 0 amide bonds. The van der Waals surface area contributed by atoms with Gasteiger partial charge in [-0.05, 0) is 26.2 Å². The topological polar surface area (TPSA) is 79.2 Å². The molecule has 1 heterocycles. The van der Waals surface area contributed by atoms with Crippen LogP contribution in [0.15, 0.2) is 12.2 Å². The van der Waals surface area contributed by atoms with Crippen LogP contribution < -0.4 is 0 Å². The predicted molar refractivity (Wildman–Crippen MR) is 113 cm³/mol. The summed E-state index contributed by atoms with van der Waals surface area (Å²) in [6.07, 6.45) is 18.2. The summed E-state index contributed by atoms with van der Waals surface area (Å²) in [5, 5.41) is 28.6. The number of hydrogen-bond donors (Lipinski definition) is 3. The van der Waals surface area contributed by atoms with Gasteiger partial charge in [0.05, 0.1) is 13.2 Å². The summed E-state index contributed by atoms with van der Waals surface area (Å²) in [5.74, 6) is 0. The second-order valence-corrected chi connectivity index (χ2v) is 8.05. The quantitative estimate of drug-likeness (QED) is 0.238. The third-order valence-electron chi connectivity index (χ3n) is 5.54. The number of rotatable bonds is 18. The largest absolute Gasteiger partial charge is 0.394 e. The number of aliphatic hydroxyl groups is 3. The second kappa shape index (κ2) is 17.4. The lowest BCUT2D eigenvalue weighted by Gasteiger charge is -2.23. The highest BCUT2D eigenvalue weighted by molar-refractivity contribution is 4.89. The maximum Gasteiger partial charge on any atom is 0.114 e. The standard InChI is InChI=1S/C23H44O5/c1-2-3-4-5-6-7-8-9-10-11-12-13-14-15-16-17-27-23-21(26)19-28-22(23)20(25)18-24/h2-3,20-26H,4-19H2,1H3/b3-2+/t20-,21+,22+,23+/m1/s1. The number of ether oxygens (including phenoxy) is 2. The van der Waals surface area contributed by atoms with E-state index in [2.05, 4.69) is 19.1 Å². The third kappa shape index (κ3) is 11.5. The first-order valence-corrected chi connectivity index (χ1v) is 11.5. The zero-order valence-electron chi connectivity index (χ0n) is 17.9. The van der Waals surface area contributed by atoms with E-state index in [1.54, 1.807) is 0 Å². The van der Waals surface area contributed by atoms with Gasteiger partial charge in [0.2, 0.25) is 0 Å². The fourth-order valence-electron chi connectivity index (χ4n) is 3.78. The molecule has 0 aromatic heterocycles. The van der Waals surface area contributed by atoms with E-state index in [1.165, 1.54) is 70.6 Å². The van der Waals surface area contributed by atoms with E-state index in [9.17, 15) is 10.2 Å². The van der Waals surface area contributed by atoms with Gasteiger partial charge >= 0.3 is 0 Å². The van der Waals surface area contributed by atoms with Gasteiger partial charge in [-0.2, -0.15) is 0 Å². The van der Waals surface area contributed by atoms with Gasteiger partial charge in [0.1, 0.15) is 24.4 Å². The first-order valence-electron chi connectivity index (χ1n) is 11.5. The van der Waals surface area contributed by atoms with E-state index in [4.69, 9.17) is 14.6 Å². The van der Waals surface area contributed by atoms with Crippen molar-refractivity contribution in [3.8, 4) is 0 Å². The van der Waals surface area contributed by atoms with Crippen LogP contribution >= 0.6 is 0 Å². The van der Waals surface area contributed by atoms with E-state index >= 15 is 0 Å². The summed E-state index contributed by atoms with van der Waals surface area (Å²) in [7, 11) is 0. The molecule has 0 aromatic carbocycles. The van der Waals surface area contributed by atoms with Gasteiger partial charge in [-0.1, -0.05) is 76.4 Å². The van der Waals surface area contributed by atoms with Crippen LogP contribution in [-0.4, -0.2) is 59.6 Å². The van der Waals surface area contributed by atoms with E-state index in [0.29, 0.717) is 6.61 Å². The minimum absolute atomic E-state index is 0.155. The van der Waals surface area contributed by atoms with Gasteiger partial charge in [-0.3, -0.25) is 0 Å². The molecular formula is C23H44O5. The number of aliphatic hydroxyl groups excluding tert-OH is 3. The monoisotopic (exact) mass is 400 g/mol. The number of unbranched alkanes of at least 4 members (excludes halogenated alkanes) is 12. The molecule has 0 unspecified atom stereocenters. The average molecular weight is 401 g/mol. The lowest BCUT2D eigenvalue weighted by atomic mass is 10.0. The van der Waals surface area contributed by atoms with E-state index in [-0.39, 0.29) is 13.2 Å². The van der Waals surface area contributed by atoms with Gasteiger partial charge < -0.3 is 24.8 Å². The molecule has 0 aromatic rings. The molecule has 1 aliphatic heterocycles. The van der Waals surface area contributed by atoms with Crippen molar-refractivity contribution in [1.29, 1.82) is 0 Å². The molecule has 1 fully saturated rings. The Morgan fingerprint density at radius 3 is 2.00 bits per heavy atom. The van der Waals surface area contributed by atoms with Crippen molar-refractivity contribution in [1.82, 2.24) is 0 Å². The first-order chi connectivity index (χ1) is 13.7. The van der Waals surface area contributed by atoms with E-state index in [1.807, 2.05) is 0 Å². The molecule has 5 heteroatoms. The van der Waals surface area contributed by atoms with E-state index < -0.39 is 24.4 Å². The van der Waals surface area contributed by atoms with Crippen LogP contribution in [0.25, 0.3) is 0 Å². The molecule has 0 bridgehead atoms. The SMILES string of the molecule is C/C=C/CCCCCCCCCCCCCCO[C@@H]1[C@H]([C@H](O)CO)OC[C@@H]1O. The first kappa shape index (κ1) is 25.6. The van der Waals surface area contributed by atoms with Gasteiger partial charge in [0.15, 0.2) is 0 Å². The summed E-state index contributed by atoms with van der Waals surface area (Å²) < 4.78 is 11.0. The second-order valence-electron chi connectivity index (χ2n) is 8.05. The van der Waals surface area contributed by atoms with Crippen LogP contribution in [0.2, 0.25) is 0 Å². The molecular weight excluding hydrogens is 356 g/mol. The Morgan fingerprint density at radius 1 is 0.929 bits per heavy atom. The molecule has 0 saturated carbocycles. The van der Waals surface area contributed by atoms with Gasteiger partial charge in [0.25, 0.3) is 0 Å². The molecule has 3 N–H and O–H groups in total. The fourth-order valence-corrected chi connectivity index (χ4v) is 3.78. The fraction of sp³-hybridized carbons (Fsp3) is 0.913. The highest BCUT2D eigenvalue weighted by Crippen LogP contribution is 2.21. The highest BCUT2D eigenvalue weighted by Gasteiger charge is 2.40.